The molecule has 1 heterocycles. The van der Waals surface area contributed by atoms with Crippen LogP contribution in [0.5, 0.6) is 0 Å². The summed E-state index contributed by atoms with van der Waals surface area (Å²) >= 11 is 0. The van der Waals surface area contributed by atoms with E-state index in [0.29, 0.717) is 44.5 Å². The van der Waals surface area contributed by atoms with E-state index in [9.17, 15) is 14.0 Å². The largest absolute Gasteiger partial charge is 0.459 e. The van der Waals surface area contributed by atoms with Gasteiger partial charge in [0.15, 0.2) is 0 Å². The van der Waals surface area contributed by atoms with E-state index >= 15 is 0 Å². The average molecular weight is 479 g/mol. The first kappa shape index (κ1) is 25.5. The van der Waals surface area contributed by atoms with Gasteiger partial charge in [-0.2, -0.15) is 10.8 Å². The monoisotopic (exact) mass is 478 g/mol. The number of nitrogens with zero attached hydrogens (tertiary/aromatic N) is 4. The highest BCUT2D eigenvalue weighted by molar-refractivity contribution is 5.80. The number of amides is 1. The average Bonchev–Trinajstić information content (AvgIpc) is 2.85. The van der Waals surface area contributed by atoms with Crippen molar-refractivity contribution in [1.29, 1.82) is 16.2 Å². The van der Waals surface area contributed by atoms with Crippen LogP contribution in [0.25, 0.3) is 0 Å². The molecule has 2 aromatic rings. The highest BCUT2D eigenvalue weighted by atomic mass is 19.1. The van der Waals surface area contributed by atoms with Gasteiger partial charge in [-0.05, 0) is 48.2 Å². The van der Waals surface area contributed by atoms with Crippen molar-refractivity contribution in [3.05, 3.63) is 65.0 Å². The molecule has 0 aliphatic carbocycles. The fraction of sp³-hybridized carbons (Fsp3) is 0.360. The van der Waals surface area contributed by atoms with Crippen molar-refractivity contribution in [1.82, 2.24) is 4.90 Å². The summed E-state index contributed by atoms with van der Waals surface area (Å²) in [5.74, 6) is -0.994. The fourth-order valence-corrected chi connectivity index (χ4v) is 4.27. The van der Waals surface area contributed by atoms with Crippen LogP contribution in [0.1, 0.15) is 42.9 Å². The van der Waals surface area contributed by atoms with Crippen LogP contribution in [0, 0.1) is 28.1 Å². The Kier molecular flexibility index (Phi) is 8.25. The SMILES string of the molecule is CC(=O)OC1(CCc2ccc(F)c(C#N)c2)CCN(C(=O)Cc2ccc(N(C=N)N=N)cc2)CC1. The summed E-state index contributed by atoms with van der Waals surface area (Å²) in [5.41, 5.74) is 8.46. The lowest BCUT2D eigenvalue weighted by atomic mass is 9.85. The minimum absolute atomic E-state index is 0.0166. The molecule has 0 bridgehead atoms. The number of anilines is 1. The summed E-state index contributed by atoms with van der Waals surface area (Å²) in [4.78, 5) is 26.4. The third kappa shape index (κ3) is 6.47. The van der Waals surface area contributed by atoms with Crippen molar-refractivity contribution in [2.24, 2.45) is 5.22 Å². The fourth-order valence-electron chi connectivity index (χ4n) is 4.27. The number of nitrogens with one attached hydrogen (secondary N) is 2. The van der Waals surface area contributed by atoms with Gasteiger partial charge in [0.2, 0.25) is 5.91 Å². The van der Waals surface area contributed by atoms with Crippen LogP contribution in [0.2, 0.25) is 0 Å². The van der Waals surface area contributed by atoms with Gasteiger partial charge in [-0.3, -0.25) is 15.0 Å². The van der Waals surface area contributed by atoms with Gasteiger partial charge < -0.3 is 9.64 Å². The number of aryl methyl sites for hydroxylation is 1. The summed E-state index contributed by atoms with van der Waals surface area (Å²) in [6, 6.07) is 13.2. The van der Waals surface area contributed by atoms with E-state index in [4.69, 9.17) is 20.9 Å². The van der Waals surface area contributed by atoms with Crippen LogP contribution < -0.4 is 5.01 Å². The van der Waals surface area contributed by atoms with E-state index in [-0.39, 0.29) is 23.9 Å². The predicted octanol–water partition coefficient (Wildman–Crippen LogP) is 4.16. The summed E-state index contributed by atoms with van der Waals surface area (Å²) in [6.45, 7) is 2.25. The van der Waals surface area contributed by atoms with Crippen molar-refractivity contribution in [3.8, 4) is 6.07 Å². The molecule has 3 rings (SSSR count). The van der Waals surface area contributed by atoms with Crippen LogP contribution in [0.3, 0.4) is 0 Å². The van der Waals surface area contributed by atoms with Gasteiger partial charge in [0.25, 0.3) is 0 Å². The number of esters is 1. The smallest absolute Gasteiger partial charge is 0.303 e. The second-order valence-corrected chi connectivity index (χ2v) is 8.50. The maximum absolute atomic E-state index is 13.6. The summed E-state index contributed by atoms with van der Waals surface area (Å²) in [6.07, 6.45) is 3.13. The van der Waals surface area contributed by atoms with Crippen molar-refractivity contribution in [3.63, 3.8) is 0 Å². The van der Waals surface area contributed by atoms with Gasteiger partial charge in [-0.1, -0.05) is 23.4 Å². The highest BCUT2D eigenvalue weighted by Crippen LogP contribution is 2.32. The van der Waals surface area contributed by atoms with Gasteiger partial charge in [0, 0.05) is 32.9 Å². The topological polar surface area (TPSA) is 134 Å². The molecule has 2 aromatic carbocycles. The molecular formula is C25H27FN6O3. The molecule has 1 fully saturated rings. The third-order valence-corrected chi connectivity index (χ3v) is 6.19. The number of carbonyl (C=O) groups excluding carboxylic acids is 2. The van der Waals surface area contributed by atoms with E-state index in [2.05, 4.69) is 5.22 Å². The van der Waals surface area contributed by atoms with Gasteiger partial charge in [0.1, 0.15) is 23.8 Å². The minimum Gasteiger partial charge on any atom is -0.459 e. The van der Waals surface area contributed by atoms with Crippen LogP contribution in [0.15, 0.2) is 47.7 Å². The zero-order valence-electron chi connectivity index (χ0n) is 19.5. The van der Waals surface area contributed by atoms with E-state index in [0.717, 1.165) is 22.5 Å². The molecule has 10 heteroatoms. The lowest BCUT2D eigenvalue weighted by Gasteiger charge is -2.41. The summed E-state index contributed by atoms with van der Waals surface area (Å²) in [7, 11) is 0. The van der Waals surface area contributed by atoms with Crippen molar-refractivity contribution >= 4 is 23.9 Å². The molecule has 0 radical (unpaired) electrons. The second-order valence-electron chi connectivity index (χ2n) is 8.50. The van der Waals surface area contributed by atoms with Gasteiger partial charge in [0.05, 0.1) is 17.7 Å². The number of hydrogen-bond donors (Lipinski definition) is 2. The Morgan fingerprint density at radius 1 is 1.23 bits per heavy atom. The number of carbonyl (C=O) groups is 2. The zero-order valence-corrected chi connectivity index (χ0v) is 19.5. The second kappa shape index (κ2) is 11.3. The molecule has 0 aromatic heterocycles. The maximum Gasteiger partial charge on any atom is 0.303 e. The van der Waals surface area contributed by atoms with Gasteiger partial charge in [-0.15, -0.1) is 0 Å². The van der Waals surface area contributed by atoms with E-state index in [1.54, 1.807) is 35.2 Å². The minimum atomic E-state index is -0.721. The first-order valence-corrected chi connectivity index (χ1v) is 11.2. The number of likely N-dealkylation sites (tertiary alicyclic amines) is 1. The van der Waals surface area contributed by atoms with Gasteiger partial charge >= 0.3 is 5.97 Å². The molecule has 0 unspecified atom stereocenters. The Morgan fingerprint density at radius 2 is 1.89 bits per heavy atom. The summed E-state index contributed by atoms with van der Waals surface area (Å²) < 4.78 is 19.3. The Morgan fingerprint density at radius 3 is 2.46 bits per heavy atom. The van der Waals surface area contributed by atoms with Crippen molar-refractivity contribution in [2.45, 2.75) is 44.6 Å². The first-order chi connectivity index (χ1) is 16.8. The van der Waals surface area contributed by atoms with Crippen molar-refractivity contribution < 1.29 is 18.7 Å². The number of halogens is 1. The number of piperidine rings is 1. The number of nitriles is 1. The Bertz CT molecular complexity index is 1130. The molecule has 1 aliphatic rings. The molecule has 1 amide bonds. The lowest BCUT2D eigenvalue weighted by molar-refractivity contribution is -0.164. The van der Waals surface area contributed by atoms with Crippen LogP contribution in [-0.2, 0) is 27.2 Å². The highest BCUT2D eigenvalue weighted by Gasteiger charge is 2.38. The van der Waals surface area contributed by atoms with Crippen LogP contribution in [-0.4, -0.2) is 41.8 Å². The van der Waals surface area contributed by atoms with E-state index in [1.165, 1.54) is 19.1 Å². The zero-order chi connectivity index (χ0) is 25.4. The molecule has 35 heavy (non-hydrogen) atoms. The maximum atomic E-state index is 13.6. The van der Waals surface area contributed by atoms with E-state index < -0.39 is 11.4 Å². The Balaban J connectivity index is 1.61. The quantitative estimate of drug-likeness (QED) is 0.184. The van der Waals surface area contributed by atoms with Crippen LogP contribution in [0.4, 0.5) is 10.1 Å². The molecule has 182 valence electrons. The first-order valence-electron chi connectivity index (χ1n) is 11.2. The Hall–Kier alpha value is -4.13. The van der Waals surface area contributed by atoms with E-state index in [1.807, 2.05) is 6.07 Å². The molecular weight excluding hydrogens is 451 g/mol. The molecule has 0 atom stereocenters. The molecule has 9 nitrogen and oxygen atoms in total. The number of hydrogen-bond acceptors (Lipinski definition) is 7. The molecule has 1 saturated heterocycles. The van der Waals surface area contributed by atoms with Gasteiger partial charge in [-0.25, -0.2) is 9.40 Å². The number of benzene rings is 2. The molecule has 1 aliphatic heterocycles. The molecule has 2 N–H and O–H groups in total. The number of ether oxygens (including phenoxy) is 1. The summed E-state index contributed by atoms with van der Waals surface area (Å²) in [5, 5.41) is 20.6. The third-order valence-electron chi connectivity index (χ3n) is 6.19. The Labute approximate surface area is 203 Å². The van der Waals surface area contributed by atoms with Crippen LogP contribution >= 0.6 is 0 Å². The number of rotatable bonds is 9. The molecule has 0 spiro atoms. The standard InChI is InChI=1S/C25H27FN6O3/c1-18(33)35-25(9-8-20-4-7-23(26)21(14-20)16-27)10-12-31(13-11-25)24(34)15-19-2-5-22(6-3-19)32(17-28)30-29/h2-7,14,17,28-29H,8-13,15H2,1H3. The normalized spacial score (nSPS) is 14.5. The molecule has 0 saturated carbocycles. The van der Waals surface area contributed by atoms with Crippen molar-refractivity contribution in [2.75, 3.05) is 18.1 Å². The predicted molar refractivity (Wildman–Crippen MR) is 126 cm³/mol. The lowest BCUT2D eigenvalue weighted by Crippen LogP contribution is -2.49.